The lowest BCUT2D eigenvalue weighted by atomic mass is 9.97. The van der Waals surface area contributed by atoms with Gasteiger partial charge in [0, 0.05) is 4.83 Å². The van der Waals surface area contributed by atoms with E-state index < -0.39 is 6.10 Å². The third-order valence-corrected chi connectivity index (χ3v) is 7.60. The summed E-state index contributed by atoms with van der Waals surface area (Å²) in [6, 6.07) is 30.8. The van der Waals surface area contributed by atoms with Gasteiger partial charge in [-0.05, 0) is 72.2 Å². The van der Waals surface area contributed by atoms with Crippen molar-refractivity contribution in [2.45, 2.75) is 56.1 Å². The van der Waals surface area contributed by atoms with Crippen LogP contribution in [0.25, 0.3) is 10.8 Å². The second-order valence-electron chi connectivity index (χ2n) is 9.64. The molecule has 1 aliphatic rings. The van der Waals surface area contributed by atoms with E-state index in [0.717, 1.165) is 48.4 Å². The minimum Gasteiger partial charge on any atom is -0.425 e. The Morgan fingerprint density at radius 2 is 1.67 bits per heavy atom. The molecule has 4 aromatic carbocycles. The minimum absolute atomic E-state index is 0.223. The molecule has 0 amide bonds. The van der Waals surface area contributed by atoms with Gasteiger partial charge in [-0.25, -0.2) is 4.79 Å². The number of carbonyl (C=O) groups is 1. The predicted molar refractivity (Wildman–Crippen MR) is 149 cm³/mol. The van der Waals surface area contributed by atoms with E-state index in [1.807, 2.05) is 48.5 Å². The molecule has 0 saturated carbocycles. The lowest BCUT2D eigenvalue weighted by Crippen LogP contribution is -2.15. The Morgan fingerprint density at radius 3 is 2.50 bits per heavy atom. The van der Waals surface area contributed by atoms with Crippen LogP contribution in [-0.2, 0) is 22.4 Å². The summed E-state index contributed by atoms with van der Waals surface area (Å²) < 4.78 is 11.5. The van der Waals surface area contributed by atoms with Crippen LogP contribution >= 0.6 is 15.9 Å². The Morgan fingerprint density at radius 1 is 0.917 bits per heavy atom. The van der Waals surface area contributed by atoms with E-state index in [4.69, 9.17) is 9.47 Å². The van der Waals surface area contributed by atoms with Crippen LogP contribution in [0.15, 0.2) is 91.0 Å². The van der Waals surface area contributed by atoms with Gasteiger partial charge < -0.3 is 9.47 Å². The molecule has 36 heavy (non-hydrogen) atoms. The summed E-state index contributed by atoms with van der Waals surface area (Å²) in [4.78, 5) is 13.2. The zero-order valence-electron chi connectivity index (χ0n) is 20.5. The minimum atomic E-state index is -0.543. The molecule has 3 atom stereocenters. The summed E-state index contributed by atoms with van der Waals surface area (Å²) in [5.41, 5.74) is 5.04. The first kappa shape index (κ1) is 24.7. The average Bonchev–Trinajstić information content (AvgIpc) is 3.69. The summed E-state index contributed by atoms with van der Waals surface area (Å²) in [5, 5.41) is 2.17. The Hall–Kier alpha value is -2.95. The number of hydrogen-bond acceptors (Lipinski definition) is 3. The van der Waals surface area contributed by atoms with E-state index in [0.29, 0.717) is 10.6 Å². The fourth-order valence-corrected chi connectivity index (χ4v) is 5.43. The van der Waals surface area contributed by atoms with Crippen molar-refractivity contribution in [3.8, 4) is 5.75 Å². The molecule has 0 aromatic heterocycles. The number of unbranched alkanes of at least 4 members (excludes halogenated alkanes) is 1. The highest BCUT2D eigenvalue weighted by Gasteiger charge is 2.48. The molecule has 184 valence electrons. The maximum Gasteiger partial charge on any atom is 0.343 e. The van der Waals surface area contributed by atoms with Gasteiger partial charge in [0.05, 0.1) is 0 Å². The summed E-state index contributed by atoms with van der Waals surface area (Å²) in [5.74, 6) is 0.222. The summed E-state index contributed by atoms with van der Waals surface area (Å²) in [6.45, 7) is 2.12. The van der Waals surface area contributed by atoms with Gasteiger partial charge in [0.2, 0.25) is 0 Å². The summed E-state index contributed by atoms with van der Waals surface area (Å²) in [7, 11) is 0. The average molecular weight is 544 g/mol. The van der Waals surface area contributed by atoms with E-state index >= 15 is 0 Å². The Bertz CT molecular complexity index is 1330. The molecular weight excluding hydrogens is 512 g/mol. The fraction of sp³-hybridized carbons (Fsp3) is 0.281. The van der Waals surface area contributed by atoms with Crippen LogP contribution in [0.3, 0.4) is 0 Å². The van der Waals surface area contributed by atoms with Crippen LogP contribution in [0.2, 0.25) is 0 Å². The van der Waals surface area contributed by atoms with Gasteiger partial charge >= 0.3 is 5.97 Å². The zero-order chi connectivity index (χ0) is 24.9. The van der Waals surface area contributed by atoms with Crippen molar-refractivity contribution in [1.29, 1.82) is 0 Å². The molecule has 1 heterocycles. The first-order chi connectivity index (χ1) is 17.6. The first-order valence-electron chi connectivity index (χ1n) is 12.7. The molecule has 1 unspecified atom stereocenters. The number of ether oxygens (including phenoxy) is 2. The van der Waals surface area contributed by atoms with Crippen LogP contribution < -0.4 is 4.74 Å². The highest BCUT2D eigenvalue weighted by molar-refractivity contribution is 9.09. The van der Waals surface area contributed by atoms with Crippen molar-refractivity contribution in [1.82, 2.24) is 0 Å². The number of hydrogen-bond donors (Lipinski definition) is 0. The van der Waals surface area contributed by atoms with Crippen molar-refractivity contribution in [3.05, 3.63) is 113 Å². The number of epoxide rings is 1. The number of benzene rings is 4. The predicted octanol–water partition coefficient (Wildman–Crippen LogP) is 7.91. The van der Waals surface area contributed by atoms with Crippen LogP contribution in [0.1, 0.15) is 47.6 Å². The third kappa shape index (κ3) is 6.24. The van der Waals surface area contributed by atoms with Crippen molar-refractivity contribution in [2.75, 3.05) is 0 Å². The molecule has 1 saturated heterocycles. The molecule has 3 nitrogen and oxygen atoms in total. The quantitative estimate of drug-likeness (QED) is 0.0671. The number of carbonyl (C=O) groups excluding carboxylic acids is 1. The maximum atomic E-state index is 12.8. The Kier molecular flexibility index (Phi) is 7.84. The molecule has 4 heteroatoms. The SMILES string of the molecule is Cc1ccc(CC(Br)CCCCc2ccccc2[C@@H]2O[C@H]2C(=O)Oc2ccc3ccccc3c2)cc1. The molecule has 5 rings (SSSR count). The Labute approximate surface area is 221 Å². The van der Waals surface area contributed by atoms with Crippen LogP contribution in [0, 0.1) is 6.92 Å². The second kappa shape index (κ2) is 11.4. The highest BCUT2D eigenvalue weighted by atomic mass is 79.9. The molecule has 1 aliphatic heterocycles. The van der Waals surface area contributed by atoms with E-state index in [9.17, 15) is 4.79 Å². The van der Waals surface area contributed by atoms with E-state index in [2.05, 4.69) is 65.3 Å². The third-order valence-electron chi connectivity index (χ3n) is 6.82. The Balaban J connectivity index is 1.11. The topological polar surface area (TPSA) is 38.8 Å². The van der Waals surface area contributed by atoms with E-state index in [1.165, 1.54) is 16.7 Å². The molecule has 0 N–H and O–H groups in total. The van der Waals surface area contributed by atoms with Crippen molar-refractivity contribution in [2.24, 2.45) is 0 Å². The smallest absolute Gasteiger partial charge is 0.343 e. The van der Waals surface area contributed by atoms with E-state index in [-0.39, 0.29) is 12.1 Å². The van der Waals surface area contributed by atoms with Gasteiger partial charge in [-0.2, -0.15) is 0 Å². The van der Waals surface area contributed by atoms with Gasteiger partial charge in [0.1, 0.15) is 11.9 Å². The highest BCUT2D eigenvalue weighted by Crippen LogP contribution is 2.41. The number of alkyl halides is 1. The van der Waals surface area contributed by atoms with Crippen LogP contribution in [0.4, 0.5) is 0 Å². The molecule has 0 bridgehead atoms. The zero-order valence-corrected chi connectivity index (χ0v) is 22.1. The molecular formula is C32H31BrO3. The van der Waals surface area contributed by atoms with Gasteiger partial charge in [0.15, 0.2) is 6.10 Å². The fourth-order valence-electron chi connectivity index (χ4n) is 4.74. The van der Waals surface area contributed by atoms with Crippen LogP contribution in [0.5, 0.6) is 5.75 Å². The summed E-state index contributed by atoms with van der Waals surface area (Å²) in [6.07, 6.45) is 4.65. The molecule has 0 radical (unpaired) electrons. The largest absolute Gasteiger partial charge is 0.425 e. The summed E-state index contributed by atoms with van der Waals surface area (Å²) >= 11 is 3.86. The van der Waals surface area contributed by atoms with E-state index in [1.54, 1.807) is 0 Å². The second-order valence-corrected chi connectivity index (χ2v) is 10.9. The lowest BCUT2D eigenvalue weighted by Gasteiger charge is -2.11. The standard InChI is InChI=1S/C32H31BrO3/c1-22-14-16-23(17-15-22)20-27(33)12-6-4-9-25-10-5-7-13-29(25)30-31(36-30)32(34)35-28-19-18-24-8-2-3-11-26(24)21-28/h2-3,5,7-8,10-11,13-19,21,27,30-31H,4,6,9,12,20H2,1H3/t27?,30-,31+/m0/s1. The van der Waals surface area contributed by atoms with Crippen molar-refractivity contribution in [3.63, 3.8) is 0 Å². The maximum absolute atomic E-state index is 12.8. The molecule has 0 spiro atoms. The number of esters is 1. The lowest BCUT2D eigenvalue weighted by molar-refractivity contribution is -0.135. The van der Waals surface area contributed by atoms with Gasteiger partial charge in [0.25, 0.3) is 0 Å². The van der Waals surface area contributed by atoms with Crippen molar-refractivity contribution < 1.29 is 14.3 Å². The number of halogens is 1. The van der Waals surface area contributed by atoms with Crippen LogP contribution in [-0.4, -0.2) is 16.9 Å². The number of fused-ring (bicyclic) bond motifs is 1. The number of aryl methyl sites for hydroxylation is 2. The van der Waals surface area contributed by atoms with Gasteiger partial charge in [-0.3, -0.25) is 0 Å². The molecule has 4 aromatic rings. The molecule has 0 aliphatic carbocycles. The van der Waals surface area contributed by atoms with Gasteiger partial charge in [-0.15, -0.1) is 0 Å². The normalized spacial score (nSPS) is 17.6. The molecule has 1 fully saturated rings. The van der Waals surface area contributed by atoms with Crippen molar-refractivity contribution >= 4 is 32.7 Å². The number of rotatable bonds is 10. The van der Waals surface area contributed by atoms with Gasteiger partial charge in [-0.1, -0.05) is 107 Å². The monoisotopic (exact) mass is 542 g/mol. The first-order valence-corrected chi connectivity index (χ1v) is 13.6.